The number of carbonyl (C=O) groups excluding carboxylic acids is 1. The standard InChI is InChI=1S/C17H17NO/c1-12-7-9-13(10-8-12)15-11-18-17(19)16(15)14-5-3-2-4-6-14/h2-10,15-16H,11H2,1H3,(H,18,19). The first-order chi connectivity index (χ1) is 9.25. The second-order valence-electron chi connectivity index (χ2n) is 5.15. The minimum Gasteiger partial charge on any atom is -0.355 e. The van der Waals surface area contributed by atoms with E-state index in [9.17, 15) is 4.79 Å². The quantitative estimate of drug-likeness (QED) is 0.873. The Hall–Kier alpha value is -2.09. The second kappa shape index (κ2) is 4.88. The van der Waals surface area contributed by atoms with Crippen molar-refractivity contribution in [3.05, 3.63) is 71.3 Å². The maximum absolute atomic E-state index is 12.1. The van der Waals surface area contributed by atoms with Crippen LogP contribution in [0.4, 0.5) is 0 Å². The molecule has 1 aliphatic rings. The van der Waals surface area contributed by atoms with Gasteiger partial charge in [-0.15, -0.1) is 0 Å². The van der Waals surface area contributed by atoms with Crippen molar-refractivity contribution >= 4 is 5.91 Å². The molecule has 0 bridgehead atoms. The van der Waals surface area contributed by atoms with Crippen molar-refractivity contribution in [1.29, 1.82) is 0 Å². The molecule has 0 aliphatic carbocycles. The molecule has 0 aromatic heterocycles. The number of amides is 1. The number of carbonyl (C=O) groups is 1. The molecule has 96 valence electrons. The van der Waals surface area contributed by atoms with E-state index >= 15 is 0 Å². The molecule has 1 amide bonds. The lowest BCUT2D eigenvalue weighted by Gasteiger charge is -2.17. The molecule has 1 N–H and O–H groups in total. The van der Waals surface area contributed by atoms with Gasteiger partial charge in [-0.25, -0.2) is 0 Å². The van der Waals surface area contributed by atoms with Crippen molar-refractivity contribution in [2.75, 3.05) is 6.54 Å². The molecule has 0 spiro atoms. The van der Waals surface area contributed by atoms with Gasteiger partial charge in [0.15, 0.2) is 0 Å². The molecule has 1 fully saturated rings. The Morgan fingerprint density at radius 2 is 1.63 bits per heavy atom. The minimum absolute atomic E-state index is 0.0658. The molecule has 0 radical (unpaired) electrons. The van der Waals surface area contributed by atoms with Crippen molar-refractivity contribution in [3.63, 3.8) is 0 Å². The summed E-state index contributed by atoms with van der Waals surface area (Å²) in [5, 5.41) is 2.99. The molecular weight excluding hydrogens is 234 g/mol. The topological polar surface area (TPSA) is 29.1 Å². The average Bonchev–Trinajstić information content (AvgIpc) is 2.82. The minimum atomic E-state index is -0.0658. The van der Waals surface area contributed by atoms with E-state index < -0.39 is 0 Å². The van der Waals surface area contributed by atoms with Crippen molar-refractivity contribution in [2.24, 2.45) is 0 Å². The summed E-state index contributed by atoms with van der Waals surface area (Å²) in [7, 11) is 0. The molecule has 1 saturated heterocycles. The summed E-state index contributed by atoms with van der Waals surface area (Å²) in [6.45, 7) is 2.80. The summed E-state index contributed by atoms with van der Waals surface area (Å²) in [4.78, 5) is 12.1. The van der Waals surface area contributed by atoms with Crippen LogP contribution < -0.4 is 5.32 Å². The van der Waals surface area contributed by atoms with Crippen LogP contribution in [0.2, 0.25) is 0 Å². The monoisotopic (exact) mass is 251 g/mol. The average molecular weight is 251 g/mol. The van der Waals surface area contributed by atoms with Crippen LogP contribution in [-0.2, 0) is 4.79 Å². The Kier molecular flexibility index (Phi) is 3.08. The molecule has 2 heteroatoms. The lowest BCUT2D eigenvalue weighted by molar-refractivity contribution is -0.120. The van der Waals surface area contributed by atoms with E-state index in [4.69, 9.17) is 0 Å². The van der Waals surface area contributed by atoms with E-state index in [1.807, 2.05) is 30.3 Å². The first-order valence-corrected chi connectivity index (χ1v) is 6.65. The molecule has 2 unspecified atom stereocenters. The van der Waals surface area contributed by atoms with Crippen LogP contribution >= 0.6 is 0 Å². The van der Waals surface area contributed by atoms with Crippen LogP contribution in [0.25, 0.3) is 0 Å². The Balaban J connectivity index is 1.97. The van der Waals surface area contributed by atoms with Crippen molar-refractivity contribution in [1.82, 2.24) is 5.32 Å². The number of hydrogen-bond acceptors (Lipinski definition) is 1. The highest BCUT2D eigenvalue weighted by molar-refractivity contribution is 5.87. The van der Waals surface area contributed by atoms with Crippen molar-refractivity contribution in [3.8, 4) is 0 Å². The van der Waals surface area contributed by atoms with Crippen LogP contribution in [-0.4, -0.2) is 12.5 Å². The Morgan fingerprint density at radius 3 is 2.32 bits per heavy atom. The molecule has 0 saturated carbocycles. The Morgan fingerprint density at radius 1 is 0.947 bits per heavy atom. The van der Waals surface area contributed by atoms with Gasteiger partial charge < -0.3 is 5.32 Å². The van der Waals surface area contributed by atoms with Crippen LogP contribution in [0, 0.1) is 6.92 Å². The molecule has 3 rings (SSSR count). The predicted octanol–water partition coefficient (Wildman–Crippen LogP) is 2.99. The molecule has 2 aromatic rings. The van der Waals surface area contributed by atoms with E-state index in [2.05, 4.69) is 36.5 Å². The van der Waals surface area contributed by atoms with Gasteiger partial charge in [0, 0.05) is 12.5 Å². The van der Waals surface area contributed by atoms with Crippen LogP contribution in [0.3, 0.4) is 0 Å². The van der Waals surface area contributed by atoms with Crippen molar-refractivity contribution in [2.45, 2.75) is 18.8 Å². The SMILES string of the molecule is Cc1ccc(C2CNC(=O)C2c2ccccc2)cc1. The number of hydrogen-bond donors (Lipinski definition) is 1. The molecule has 2 nitrogen and oxygen atoms in total. The zero-order chi connectivity index (χ0) is 13.2. The zero-order valence-electron chi connectivity index (χ0n) is 11.0. The summed E-state index contributed by atoms with van der Waals surface area (Å²) < 4.78 is 0. The summed E-state index contributed by atoms with van der Waals surface area (Å²) in [6.07, 6.45) is 0. The highest BCUT2D eigenvalue weighted by Gasteiger charge is 2.36. The largest absolute Gasteiger partial charge is 0.355 e. The van der Waals surface area contributed by atoms with E-state index in [0.717, 1.165) is 12.1 Å². The lowest BCUT2D eigenvalue weighted by Crippen LogP contribution is -2.18. The summed E-state index contributed by atoms with van der Waals surface area (Å²) in [5.74, 6) is 0.302. The summed E-state index contributed by atoms with van der Waals surface area (Å²) in [6, 6.07) is 18.5. The first-order valence-electron chi connectivity index (χ1n) is 6.65. The maximum Gasteiger partial charge on any atom is 0.228 e. The summed E-state index contributed by atoms with van der Waals surface area (Å²) in [5.41, 5.74) is 3.58. The van der Waals surface area contributed by atoms with Crippen LogP contribution in [0.1, 0.15) is 28.5 Å². The third-order valence-corrected chi connectivity index (χ3v) is 3.85. The first kappa shape index (κ1) is 12.0. The third kappa shape index (κ3) is 2.26. The number of benzene rings is 2. The van der Waals surface area contributed by atoms with Gasteiger partial charge in [-0.3, -0.25) is 4.79 Å². The lowest BCUT2D eigenvalue weighted by atomic mass is 9.83. The summed E-state index contributed by atoms with van der Waals surface area (Å²) >= 11 is 0. The van der Waals surface area contributed by atoms with Gasteiger partial charge in [-0.05, 0) is 18.1 Å². The number of rotatable bonds is 2. The molecular formula is C17H17NO. The van der Waals surface area contributed by atoms with Crippen molar-refractivity contribution < 1.29 is 4.79 Å². The normalized spacial score (nSPS) is 22.3. The highest BCUT2D eigenvalue weighted by atomic mass is 16.2. The van der Waals surface area contributed by atoms with Gasteiger partial charge in [-0.2, -0.15) is 0 Å². The van der Waals surface area contributed by atoms with Gasteiger partial charge in [0.2, 0.25) is 5.91 Å². The van der Waals surface area contributed by atoms with E-state index in [-0.39, 0.29) is 17.7 Å². The van der Waals surface area contributed by atoms with Crippen LogP contribution in [0.5, 0.6) is 0 Å². The van der Waals surface area contributed by atoms with Gasteiger partial charge in [0.05, 0.1) is 5.92 Å². The number of aryl methyl sites for hydroxylation is 1. The fraction of sp³-hybridized carbons (Fsp3) is 0.235. The highest BCUT2D eigenvalue weighted by Crippen LogP contribution is 2.36. The fourth-order valence-corrected chi connectivity index (χ4v) is 2.79. The molecule has 1 aliphatic heterocycles. The molecule has 2 aromatic carbocycles. The zero-order valence-corrected chi connectivity index (χ0v) is 11.0. The third-order valence-electron chi connectivity index (χ3n) is 3.85. The molecule has 2 atom stereocenters. The fourth-order valence-electron chi connectivity index (χ4n) is 2.79. The van der Waals surface area contributed by atoms with Crippen LogP contribution in [0.15, 0.2) is 54.6 Å². The van der Waals surface area contributed by atoms with Gasteiger partial charge >= 0.3 is 0 Å². The smallest absolute Gasteiger partial charge is 0.228 e. The molecule has 19 heavy (non-hydrogen) atoms. The van der Waals surface area contributed by atoms with Gasteiger partial charge in [0.1, 0.15) is 0 Å². The van der Waals surface area contributed by atoms with E-state index in [1.165, 1.54) is 11.1 Å². The van der Waals surface area contributed by atoms with Gasteiger partial charge in [-0.1, -0.05) is 60.2 Å². The predicted molar refractivity (Wildman–Crippen MR) is 76.1 cm³/mol. The number of nitrogens with one attached hydrogen (secondary N) is 1. The van der Waals surface area contributed by atoms with Gasteiger partial charge in [0.25, 0.3) is 0 Å². The molecule has 1 heterocycles. The van der Waals surface area contributed by atoms with E-state index in [1.54, 1.807) is 0 Å². The van der Waals surface area contributed by atoms with E-state index in [0.29, 0.717) is 0 Å². The Bertz CT molecular complexity index is 574. The second-order valence-corrected chi connectivity index (χ2v) is 5.15. The maximum atomic E-state index is 12.1. The Labute approximate surface area is 113 Å².